The monoisotopic (exact) mass is 349 g/mol. The molecule has 0 fully saturated rings. The molecule has 0 aliphatic rings. The van der Waals surface area contributed by atoms with Gasteiger partial charge in [-0.2, -0.15) is 0 Å². The minimum absolute atomic E-state index is 0.0874. The van der Waals surface area contributed by atoms with Gasteiger partial charge in [0.15, 0.2) is 0 Å². The molecule has 1 N–H and O–H groups in total. The van der Waals surface area contributed by atoms with Crippen LogP contribution in [0.2, 0.25) is 0 Å². The van der Waals surface area contributed by atoms with Crippen LogP contribution >= 0.6 is 0 Å². The van der Waals surface area contributed by atoms with E-state index in [0.717, 1.165) is 12.1 Å². The van der Waals surface area contributed by atoms with E-state index in [9.17, 15) is 12.8 Å². The van der Waals surface area contributed by atoms with Crippen molar-refractivity contribution < 1.29 is 22.0 Å². The summed E-state index contributed by atoms with van der Waals surface area (Å²) in [7, 11) is -2.55. The largest absolute Gasteiger partial charge is 0.496 e. The van der Waals surface area contributed by atoms with E-state index in [1.165, 1.54) is 19.2 Å². The molecule has 2 aromatic carbocycles. The molecule has 1 heterocycles. The molecule has 124 valence electrons. The van der Waals surface area contributed by atoms with Crippen molar-refractivity contribution in [2.45, 2.75) is 4.90 Å². The average molecular weight is 349 g/mol. The predicted molar refractivity (Wildman–Crippen MR) is 83.5 cm³/mol. The second-order valence-corrected chi connectivity index (χ2v) is 6.36. The first kappa shape index (κ1) is 15.9. The molecule has 0 saturated heterocycles. The highest BCUT2D eigenvalue weighted by Crippen LogP contribution is 2.29. The number of anilines is 1. The van der Waals surface area contributed by atoms with Gasteiger partial charge in [0.2, 0.25) is 0 Å². The lowest BCUT2D eigenvalue weighted by atomic mass is 10.2. The molecule has 0 aliphatic heterocycles. The standard InChI is InChI=1S/C15H12FN3O4S/c1-22-13-8-3-2-7-12(13)14-17-18-15(23-14)19-24(20,21)11-6-4-5-10(16)9-11/h2-9H,1H3,(H,18,19). The molecule has 3 aromatic rings. The number of aromatic nitrogens is 2. The Bertz CT molecular complexity index is 972. The predicted octanol–water partition coefficient (Wildman–Crippen LogP) is 2.69. The number of halogens is 1. The number of nitrogens with zero attached hydrogens (tertiary/aromatic N) is 2. The topological polar surface area (TPSA) is 94.3 Å². The van der Waals surface area contributed by atoms with Crippen LogP contribution in [0.15, 0.2) is 57.8 Å². The van der Waals surface area contributed by atoms with E-state index in [0.29, 0.717) is 11.3 Å². The maximum Gasteiger partial charge on any atom is 0.330 e. The number of sulfonamides is 1. The van der Waals surface area contributed by atoms with E-state index in [4.69, 9.17) is 9.15 Å². The van der Waals surface area contributed by atoms with Crippen molar-refractivity contribution in [2.75, 3.05) is 11.8 Å². The molecule has 7 nitrogen and oxygen atoms in total. The Hall–Kier alpha value is -2.94. The number of rotatable bonds is 5. The van der Waals surface area contributed by atoms with Crippen molar-refractivity contribution in [3.8, 4) is 17.2 Å². The zero-order valence-electron chi connectivity index (χ0n) is 12.4. The Balaban J connectivity index is 1.89. The minimum Gasteiger partial charge on any atom is -0.496 e. The number of methoxy groups -OCH3 is 1. The van der Waals surface area contributed by atoms with Crippen LogP contribution in [-0.2, 0) is 10.0 Å². The molecule has 0 saturated carbocycles. The third-order valence-electron chi connectivity index (χ3n) is 3.09. The Kier molecular flexibility index (Phi) is 4.17. The van der Waals surface area contributed by atoms with Crippen LogP contribution in [-0.4, -0.2) is 25.7 Å². The number of benzene rings is 2. The van der Waals surface area contributed by atoms with Crippen LogP contribution in [0.4, 0.5) is 10.4 Å². The lowest BCUT2D eigenvalue weighted by Gasteiger charge is -2.04. The van der Waals surface area contributed by atoms with E-state index in [1.807, 2.05) is 0 Å². The third kappa shape index (κ3) is 3.20. The molecule has 0 bridgehead atoms. The van der Waals surface area contributed by atoms with Crippen molar-refractivity contribution >= 4 is 16.0 Å². The summed E-state index contributed by atoms with van der Waals surface area (Å²) in [5.74, 6) is -0.0804. The lowest BCUT2D eigenvalue weighted by Crippen LogP contribution is -2.13. The second kappa shape index (κ2) is 6.28. The summed E-state index contributed by atoms with van der Waals surface area (Å²) in [6.07, 6.45) is 0. The fraction of sp³-hybridized carbons (Fsp3) is 0.0667. The SMILES string of the molecule is COc1ccccc1-c1nnc(NS(=O)(=O)c2cccc(F)c2)o1. The number of nitrogens with one attached hydrogen (secondary N) is 1. The van der Waals surface area contributed by atoms with Gasteiger partial charge >= 0.3 is 6.01 Å². The first-order chi connectivity index (χ1) is 11.5. The molecule has 0 aliphatic carbocycles. The molecule has 9 heteroatoms. The summed E-state index contributed by atoms with van der Waals surface area (Å²) in [5.41, 5.74) is 0.517. The molecule has 0 amide bonds. The summed E-state index contributed by atoms with van der Waals surface area (Å²) in [6.45, 7) is 0. The molecule has 1 aromatic heterocycles. The molecule has 0 atom stereocenters. The maximum absolute atomic E-state index is 13.2. The number of para-hydroxylation sites is 1. The molecule has 0 spiro atoms. The molecule has 0 unspecified atom stereocenters. The molecule has 24 heavy (non-hydrogen) atoms. The summed E-state index contributed by atoms with van der Waals surface area (Å²) in [6, 6.07) is 11.2. The second-order valence-electron chi connectivity index (χ2n) is 4.68. The van der Waals surface area contributed by atoms with Crippen molar-refractivity contribution in [3.05, 3.63) is 54.3 Å². The highest BCUT2D eigenvalue weighted by Gasteiger charge is 2.20. The van der Waals surface area contributed by atoms with Gasteiger partial charge in [0, 0.05) is 0 Å². The van der Waals surface area contributed by atoms with Crippen molar-refractivity contribution in [3.63, 3.8) is 0 Å². The van der Waals surface area contributed by atoms with Gasteiger partial charge < -0.3 is 9.15 Å². The highest BCUT2D eigenvalue weighted by atomic mass is 32.2. The number of ether oxygens (including phenoxy) is 1. The third-order valence-corrected chi connectivity index (χ3v) is 4.41. The average Bonchev–Trinajstić information content (AvgIpc) is 3.02. The first-order valence-electron chi connectivity index (χ1n) is 6.75. The van der Waals surface area contributed by atoms with E-state index >= 15 is 0 Å². The molecule has 3 rings (SSSR count). The van der Waals surface area contributed by atoms with E-state index in [2.05, 4.69) is 14.9 Å². The van der Waals surface area contributed by atoms with Gasteiger partial charge in [0.1, 0.15) is 11.6 Å². The quantitative estimate of drug-likeness (QED) is 0.761. The number of hydrogen-bond donors (Lipinski definition) is 1. The van der Waals surface area contributed by atoms with E-state index in [-0.39, 0.29) is 16.8 Å². The van der Waals surface area contributed by atoms with Crippen LogP contribution in [0, 0.1) is 5.82 Å². The van der Waals surface area contributed by atoms with Gasteiger partial charge in [0.05, 0.1) is 17.6 Å². The van der Waals surface area contributed by atoms with Crippen LogP contribution < -0.4 is 9.46 Å². The molecule has 0 radical (unpaired) electrons. The Morgan fingerprint density at radius 1 is 1.12 bits per heavy atom. The zero-order valence-corrected chi connectivity index (χ0v) is 13.2. The zero-order chi connectivity index (χ0) is 17.2. The highest BCUT2D eigenvalue weighted by molar-refractivity contribution is 7.92. The van der Waals surface area contributed by atoms with E-state index < -0.39 is 15.8 Å². The van der Waals surface area contributed by atoms with Crippen LogP contribution in [0.3, 0.4) is 0 Å². The maximum atomic E-state index is 13.2. The van der Waals surface area contributed by atoms with Gasteiger partial charge in [-0.05, 0) is 30.3 Å². The van der Waals surface area contributed by atoms with Gasteiger partial charge in [0.25, 0.3) is 15.9 Å². The minimum atomic E-state index is -4.04. The smallest absolute Gasteiger partial charge is 0.330 e. The van der Waals surface area contributed by atoms with Gasteiger partial charge in [-0.15, -0.1) is 5.10 Å². The van der Waals surface area contributed by atoms with Crippen molar-refractivity contribution in [1.29, 1.82) is 0 Å². The fourth-order valence-corrected chi connectivity index (χ4v) is 2.96. The van der Waals surface area contributed by atoms with Gasteiger partial charge in [-0.3, -0.25) is 0 Å². The summed E-state index contributed by atoms with van der Waals surface area (Å²) in [4.78, 5) is -0.250. The molecular formula is C15H12FN3O4S. The van der Waals surface area contributed by atoms with E-state index in [1.54, 1.807) is 24.3 Å². The summed E-state index contributed by atoms with van der Waals surface area (Å²) < 4.78 is 50.2. The Labute approximate surface area is 137 Å². The lowest BCUT2D eigenvalue weighted by molar-refractivity contribution is 0.414. The molecular weight excluding hydrogens is 337 g/mol. The van der Waals surface area contributed by atoms with Crippen molar-refractivity contribution in [2.24, 2.45) is 0 Å². The Morgan fingerprint density at radius 2 is 1.92 bits per heavy atom. The van der Waals surface area contributed by atoms with Gasteiger partial charge in [-0.25, -0.2) is 17.5 Å². The number of hydrogen-bond acceptors (Lipinski definition) is 6. The van der Waals surface area contributed by atoms with Crippen LogP contribution in [0.25, 0.3) is 11.5 Å². The fourth-order valence-electron chi connectivity index (χ4n) is 2.00. The van der Waals surface area contributed by atoms with Gasteiger partial charge in [-0.1, -0.05) is 23.3 Å². The summed E-state index contributed by atoms with van der Waals surface area (Å²) >= 11 is 0. The van der Waals surface area contributed by atoms with Crippen molar-refractivity contribution in [1.82, 2.24) is 10.2 Å². The van der Waals surface area contributed by atoms with Crippen LogP contribution in [0.5, 0.6) is 5.75 Å². The van der Waals surface area contributed by atoms with Crippen LogP contribution in [0.1, 0.15) is 0 Å². The Morgan fingerprint density at radius 3 is 2.67 bits per heavy atom. The normalized spacial score (nSPS) is 11.2. The summed E-state index contributed by atoms with van der Waals surface area (Å²) in [5, 5.41) is 7.44. The first-order valence-corrected chi connectivity index (χ1v) is 8.23.